The second-order valence-corrected chi connectivity index (χ2v) is 5.13. The predicted molar refractivity (Wildman–Crippen MR) is 84.6 cm³/mol. The van der Waals surface area contributed by atoms with Crippen LogP contribution in [-0.2, 0) is 6.54 Å². The van der Waals surface area contributed by atoms with Gasteiger partial charge in [0.05, 0.1) is 0 Å². The van der Waals surface area contributed by atoms with Crippen molar-refractivity contribution in [2.75, 3.05) is 5.32 Å². The van der Waals surface area contributed by atoms with E-state index in [1.807, 2.05) is 12.1 Å². The Morgan fingerprint density at radius 3 is 2.62 bits per heavy atom. The second kappa shape index (κ2) is 6.74. The third kappa shape index (κ3) is 3.72. The van der Waals surface area contributed by atoms with E-state index >= 15 is 0 Å². The monoisotopic (exact) mass is 284 g/mol. The number of nitrogens with one attached hydrogen (secondary N) is 1. The largest absolute Gasteiger partial charge is 0.409 e. The Bertz CT molecular complexity index is 620. The fourth-order valence-electron chi connectivity index (χ4n) is 2.04. The van der Waals surface area contributed by atoms with E-state index < -0.39 is 0 Å². The van der Waals surface area contributed by atoms with Crippen molar-refractivity contribution in [1.82, 2.24) is 4.98 Å². The van der Waals surface area contributed by atoms with Gasteiger partial charge >= 0.3 is 0 Å². The summed E-state index contributed by atoms with van der Waals surface area (Å²) in [4.78, 5) is 4.14. The van der Waals surface area contributed by atoms with Crippen molar-refractivity contribution in [2.24, 2.45) is 10.9 Å². The number of oxime groups is 1. The summed E-state index contributed by atoms with van der Waals surface area (Å²) in [5.41, 5.74) is 9.32. The Hall–Kier alpha value is -2.56. The van der Waals surface area contributed by atoms with Crippen LogP contribution in [0.1, 0.15) is 36.6 Å². The van der Waals surface area contributed by atoms with Gasteiger partial charge in [-0.1, -0.05) is 37.2 Å². The van der Waals surface area contributed by atoms with E-state index in [-0.39, 0.29) is 5.84 Å². The van der Waals surface area contributed by atoms with Gasteiger partial charge in [-0.2, -0.15) is 0 Å². The normalized spacial score (nSPS) is 11.7. The molecule has 2 rings (SSSR count). The first-order valence-electron chi connectivity index (χ1n) is 6.87. The molecule has 0 fully saturated rings. The molecule has 0 saturated heterocycles. The molecule has 0 radical (unpaired) electrons. The molecule has 0 aliphatic carbocycles. The third-order valence-electron chi connectivity index (χ3n) is 3.30. The number of hydrogen-bond donors (Lipinski definition) is 3. The molecule has 0 spiro atoms. The first kappa shape index (κ1) is 14.8. The van der Waals surface area contributed by atoms with Crippen LogP contribution >= 0.6 is 0 Å². The van der Waals surface area contributed by atoms with Crippen molar-refractivity contribution in [2.45, 2.75) is 26.3 Å². The minimum atomic E-state index is 0.0163. The molecule has 5 heteroatoms. The maximum absolute atomic E-state index is 8.78. The van der Waals surface area contributed by atoms with Gasteiger partial charge in [-0.15, -0.1) is 0 Å². The zero-order valence-electron chi connectivity index (χ0n) is 12.2. The molecule has 2 aromatic rings. The van der Waals surface area contributed by atoms with E-state index in [0.717, 1.165) is 11.3 Å². The van der Waals surface area contributed by atoms with E-state index in [2.05, 4.69) is 53.6 Å². The van der Waals surface area contributed by atoms with Crippen LogP contribution in [0.5, 0.6) is 0 Å². The summed E-state index contributed by atoms with van der Waals surface area (Å²) < 4.78 is 0. The minimum absolute atomic E-state index is 0.0163. The molecule has 0 aliphatic heterocycles. The topological polar surface area (TPSA) is 83.5 Å². The molecular formula is C16H20N4O. The van der Waals surface area contributed by atoms with Crippen LogP contribution in [0.2, 0.25) is 0 Å². The van der Waals surface area contributed by atoms with Gasteiger partial charge in [0, 0.05) is 24.0 Å². The highest BCUT2D eigenvalue weighted by Crippen LogP contribution is 2.18. The summed E-state index contributed by atoms with van der Waals surface area (Å²) in [5, 5.41) is 15.1. The highest BCUT2D eigenvalue weighted by Gasteiger charge is 2.08. The molecule has 0 amide bonds. The lowest BCUT2D eigenvalue weighted by molar-refractivity contribution is 0.318. The van der Waals surface area contributed by atoms with Gasteiger partial charge in [0.2, 0.25) is 0 Å². The minimum Gasteiger partial charge on any atom is -0.409 e. The third-order valence-corrected chi connectivity index (χ3v) is 3.30. The average Bonchev–Trinajstić information content (AvgIpc) is 2.52. The van der Waals surface area contributed by atoms with Crippen molar-refractivity contribution in [1.29, 1.82) is 0 Å². The van der Waals surface area contributed by atoms with E-state index in [0.29, 0.717) is 18.2 Å². The summed E-state index contributed by atoms with van der Waals surface area (Å²) in [6.07, 6.45) is 1.62. The summed E-state index contributed by atoms with van der Waals surface area (Å²) in [6, 6.07) is 12.0. The lowest BCUT2D eigenvalue weighted by Crippen LogP contribution is -2.18. The highest BCUT2D eigenvalue weighted by molar-refractivity contribution is 5.96. The Labute approximate surface area is 124 Å². The molecule has 21 heavy (non-hydrogen) atoms. The predicted octanol–water partition coefficient (Wildman–Crippen LogP) is 2.91. The number of pyridine rings is 1. The molecule has 110 valence electrons. The Morgan fingerprint density at radius 2 is 2.00 bits per heavy atom. The van der Waals surface area contributed by atoms with E-state index in [1.165, 1.54) is 5.56 Å². The standard InChI is InChI=1S/C16H20N4O/c1-11(2)12-5-7-14(8-6-12)19-10-13-4-3-9-18-15(13)16(17)20-21/h3-9,11,19,21H,10H2,1-2H3,(H2,17,20). The molecule has 0 aliphatic rings. The number of hydrogen-bond acceptors (Lipinski definition) is 4. The van der Waals surface area contributed by atoms with Crippen LogP contribution in [0.4, 0.5) is 5.69 Å². The zero-order chi connectivity index (χ0) is 15.2. The molecular weight excluding hydrogens is 264 g/mol. The number of rotatable bonds is 5. The van der Waals surface area contributed by atoms with Crippen LogP contribution in [0.15, 0.2) is 47.8 Å². The fourth-order valence-corrected chi connectivity index (χ4v) is 2.04. The summed E-state index contributed by atoms with van der Waals surface area (Å²) in [6.45, 7) is 4.89. The highest BCUT2D eigenvalue weighted by atomic mass is 16.4. The number of nitrogens with zero attached hydrogens (tertiary/aromatic N) is 2. The number of amidine groups is 1. The lowest BCUT2D eigenvalue weighted by Gasteiger charge is -2.11. The first-order chi connectivity index (χ1) is 10.1. The van der Waals surface area contributed by atoms with Gasteiger partial charge in [-0.3, -0.25) is 4.98 Å². The van der Waals surface area contributed by atoms with Crippen LogP contribution < -0.4 is 11.1 Å². The molecule has 0 saturated carbocycles. The number of aromatic nitrogens is 1. The quantitative estimate of drug-likeness (QED) is 0.341. The van der Waals surface area contributed by atoms with E-state index in [4.69, 9.17) is 10.9 Å². The molecule has 0 bridgehead atoms. The van der Waals surface area contributed by atoms with Crippen LogP contribution in [-0.4, -0.2) is 16.0 Å². The van der Waals surface area contributed by atoms with E-state index in [1.54, 1.807) is 6.20 Å². The van der Waals surface area contributed by atoms with Gasteiger partial charge in [0.15, 0.2) is 5.84 Å². The van der Waals surface area contributed by atoms with Crippen molar-refractivity contribution >= 4 is 11.5 Å². The number of benzene rings is 1. The van der Waals surface area contributed by atoms with Crippen molar-refractivity contribution in [3.05, 3.63) is 59.4 Å². The molecule has 5 nitrogen and oxygen atoms in total. The van der Waals surface area contributed by atoms with Crippen molar-refractivity contribution in [3.63, 3.8) is 0 Å². The number of anilines is 1. The maximum Gasteiger partial charge on any atom is 0.189 e. The molecule has 4 N–H and O–H groups in total. The summed E-state index contributed by atoms with van der Waals surface area (Å²) >= 11 is 0. The van der Waals surface area contributed by atoms with Crippen LogP contribution in [0.3, 0.4) is 0 Å². The lowest BCUT2D eigenvalue weighted by atomic mass is 10.0. The van der Waals surface area contributed by atoms with Crippen LogP contribution in [0.25, 0.3) is 0 Å². The smallest absolute Gasteiger partial charge is 0.189 e. The SMILES string of the molecule is CC(C)c1ccc(NCc2cccnc2C(N)=NO)cc1. The van der Waals surface area contributed by atoms with Crippen LogP contribution in [0, 0.1) is 0 Å². The Balaban J connectivity index is 2.10. The average molecular weight is 284 g/mol. The molecule has 1 aromatic carbocycles. The Kier molecular flexibility index (Phi) is 4.77. The summed E-state index contributed by atoms with van der Waals surface area (Å²) in [5.74, 6) is 0.534. The van der Waals surface area contributed by atoms with E-state index in [9.17, 15) is 0 Å². The Morgan fingerprint density at radius 1 is 1.29 bits per heavy atom. The number of nitrogens with two attached hydrogens (primary N) is 1. The molecule has 1 heterocycles. The van der Waals surface area contributed by atoms with Gasteiger partial charge in [-0.25, -0.2) is 0 Å². The van der Waals surface area contributed by atoms with Gasteiger partial charge < -0.3 is 16.3 Å². The molecule has 1 aromatic heterocycles. The maximum atomic E-state index is 8.78. The zero-order valence-corrected chi connectivity index (χ0v) is 12.2. The van der Waals surface area contributed by atoms with Crippen molar-refractivity contribution in [3.8, 4) is 0 Å². The summed E-state index contributed by atoms with van der Waals surface area (Å²) in [7, 11) is 0. The second-order valence-electron chi connectivity index (χ2n) is 5.13. The van der Waals surface area contributed by atoms with Gasteiger partial charge in [0.25, 0.3) is 0 Å². The van der Waals surface area contributed by atoms with Gasteiger partial charge in [-0.05, 0) is 29.7 Å². The first-order valence-corrected chi connectivity index (χ1v) is 6.87. The fraction of sp³-hybridized carbons (Fsp3) is 0.250. The molecule has 0 unspecified atom stereocenters. The molecule has 0 atom stereocenters. The van der Waals surface area contributed by atoms with Crippen molar-refractivity contribution < 1.29 is 5.21 Å². The van der Waals surface area contributed by atoms with Gasteiger partial charge in [0.1, 0.15) is 5.69 Å².